The van der Waals surface area contributed by atoms with Crippen LogP contribution in [0.5, 0.6) is 0 Å². The van der Waals surface area contributed by atoms with E-state index in [0.29, 0.717) is 30.0 Å². The molecule has 1 aromatic carbocycles. The van der Waals surface area contributed by atoms with Gasteiger partial charge >= 0.3 is 5.97 Å². The number of aromatic carboxylic acids is 1. The number of fused-ring (bicyclic) bond motifs is 1. The zero-order chi connectivity index (χ0) is 19.8. The fourth-order valence-electron chi connectivity index (χ4n) is 3.49. The Bertz CT molecular complexity index is 1110. The molecule has 3 heterocycles. The molecule has 28 heavy (non-hydrogen) atoms. The lowest BCUT2D eigenvalue weighted by Gasteiger charge is -2.34. The number of carbonyl (C=O) groups is 1. The first-order valence-corrected chi connectivity index (χ1v) is 8.92. The fraction of sp³-hybridized carbons (Fsp3) is 0.250. The average molecular weight is 382 g/mol. The molecule has 4 rings (SSSR count). The van der Waals surface area contributed by atoms with Crippen molar-refractivity contribution in [3.8, 4) is 5.69 Å². The van der Waals surface area contributed by atoms with E-state index in [1.54, 1.807) is 35.2 Å². The van der Waals surface area contributed by atoms with Crippen LogP contribution in [-0.4, -0.2) is 58.8 Å². The van der Waals surface area contributed by atoms with Crippen LogP contribution < -0.4 is 10.3 Å². The molecule has 1 fully saturated rings. The quantitative estimate of drug-likeness (QED) is 0.746. The van der Waals surface area contributed by atoms with Gasteiger partial charge in [0, 0.05) is 55.8 Å². The fourth-order valence-corrected chi connectivity index (χ4v) is 3.49. The van der Waals surface area contributed by atoms with Gasteiger partial charge in [-0.15, -0.1) is 0 Å². The van der Waals surface area contributed by atoms with Gasteiger partial charge in [-0.2, -0.15) is 0 Å². The zero-order valence-corrected chi connectivity index (χ0v) is 15.3. The Hall–Kier alpha value is -3.26. The molecule has 0 atom stereocenters. The van der Waals surface area contributed by atoms with Crippen molar-refractivity contribution in [3.63, 3.8) is 0 Å². The molecular weight excluding hydrogens is 363 g/mol. The molecular formula is C20H19FN4O3. The van der Waals surface area contributed by atoms with Gasteiger partial charge in [-0.05, 0) is 31.3 Å². The number of hydrogen-bond acceptors (Lipinski definition) is 5. The molecule has 0 amide bonds. The highest BCUT2D eigenvalue weighted by molar-refractivity contribution is 5.94. The molecule has 1 N–H and O–H groups in total. The Kier molecular flexibility index (Phi) is 4.56. The number of pyridine rings is 2. The molecule has 0 radical (unpaired) electrons. The van der Waals surface area contributed by atoms with Gasteiger partial charge in [0.15, 0.2) is 0 Å². The molecule has 2 aromatic heterocycles. The minimum atomic E-state index is -1.35. The highest BCUT2D eigenvalue weighted by Gasteiger charge is 2.21. The van der Waals surface area contributed by atoms with Gasteiger partial charge < -0.3 is 19.5 Å². The summed E-state index contributed by atoms with van der Waals surface area (Å²) in [6.07, 6.45) is 4.43. The second kappa shape index (κ2) is 7.05. The molecule has 0 saturated carbocycles. The second-order valence-electron chi connectivity index (χ2n) is 6.86. The van der Waals surface area contributed by atoms with Crippen molar-refractivity contribution in [1.29, 1.82) is 0 Å². The first-order chi connectivity index (χ1) is 13.5. The van der Waals surface area contributed by atoms with Gasteiger partial charge in [0.05, 0.1) is 11.2 Å². The van der Waals surface area contributed by atoms with E-state index in [1.165, 1.54) is 6.20 Å². The van der Waals surface area contributed by atoms with E-state index in [-0.39, 0.29) is 5.39 Å². The molecule has 3 aromatic rings. The van der Waals surface area contributed by atoms with Gasteiger partial charge in [0.25, 0.3) is 0 Å². The summed E-state index contributed by atoms with van der Waals surface area (Å²) in [5.41, 5.74) is 0.397. The Morgan fingerprint density at radius 1 is 1.14 bits per heavy atom. The number of likely N-dealkylation sites (N-methyl/N-ethyl adjacent to an activating group) is 1. The third kappa shape index (κ3) is 3.11. The second-order valence-corrected chi connectivity index (χ2v) is 6.86. The maximum atomic E-state index is 14.9. The number of piperazine rings is 1. The summed E-state index contributed by atoms with van der Waals surface area (Å²) in [5.74, 6) is -1.88. The van der Waals surface area contributed by atoms with E-state index in [1.807, 2.05) is 11.9 Å². The molecule has 144 valence electrons. The number of aromatic nitrogens is 2. The van der Waals surface area contributed by atoms with Gasteiger partial charge in [-0.25, -0.2) is 9.18 Å². The minimum absolute atomic E-state index is 0.0343. The first-order valence-electron chi connectivity index (χ1n) is 8.92. The van der Waals surface area contributed by atoms with Crippen LogP contribution in [0.4, 0.5) is 10.1 Å². The number of hydrogen-bond donors (Lipinski definition) is 1. The highest BCUT2D eigenvalue weighted by Crippen LogP contribution is 2.27. The van der Waals surface area contributed by atoms with Crippen LogP contribution in [0.1, 0.15) is 10.4 Å². The van der Waals surface area contributed by atoms with Crippen LogP contribution in [0.2, 0.25) is 0 Å². The third-order valence-electron chi connectivity index (χ3n) is 5.09. The van der Waals surface area contributed by atoms with Crippen LogP contribution >= 0.6 is 0 Å². The lowest BCUT2D eigenvalue weighted by Crippen LogP contribution is -2.44. The maximum Gasteiger partial charge on any atom is 0.341 e. The van der Waals surface area contributed by atoms with Crippen molar-refractivity contribution >= 4 is 22.6 Å². The third-order valence-corrected chi connectivity index (χ3v) is 5.09. The molecule has 8 heteroatoms. The summed E-state index contributed by atoms with van der Waals surface area (Å²) in [5, 5.41) is 9.45. The number of carboxylic acids is 1. The van der Waals surface area contributed by atoms with Crippen LogP contribution in [0.3, 0.4) is 0 Å². The summed E-state index contributed by atoms with van der Waals surface area (Å²) in [6, 6.07) is 6.18. The van der Waals surface area contributed by atoms with Crippen molar-refractivity contribution in [3.05, 3.63) is 64.5 Å². The molecule has 0 spiro atoms. The van der Waals surface area contributed by atoms with E-state index < -0.39 is 22.8 Å². The number of carboxylic acid groups (broad SMARTS) is 1. The summed E-state index contributed by atoms with van der Waals surface area (Å²) < 4.78 is 16.5. The van der Waals surface area contributed by atoms with E-state index in [4.69, 9.17) is 0 Å². The summed E-state index contributed by atoms with van der Waals surface area (Å²) in [4.78, 5) is 32.3. The molecule has 0 unspecified atom stereocenters. The van der Waals surface area contributed by atoms with Crippen LogP contribution in [0.15, 0.2) is 47.7 Å². The average Bonchev–Trinajstić information content (AvgIpc) is 2.69. The van der Waals surface area contributed by atoms with E-state index in [0.717, 1.165) is 19.2 Å². The monoisotopic (exact) mass is 382 g/mol. The number of halogens is 1. The van der Waals surface area contributed by atoms with Gasteiger partial charge in [0.2, 0.25) is 5.43 Å². The Morgan fingerprint density at radius 3 is 2.46 bits per heavy atom. The number of rotatable bonds is 3. The summed E-state index contributed by atoms with van der Waals surface area (Å²) >= 11 is 0. The van der Waals surface area contributed by atoms with Gasteiger partial charge in [-0.3, -0.25) is 9.78 Å². The Morgan fingerprint density at radius 2 is 1.82 bits per heavy atom. The lowest BCUT2D eigenvalue weighted by atomic mass is 10.1. The lowest BCUT2D eigenvalue weighted by molar-refractivity contribution is 0.0695. The Labute approximate surface area is 160 Å². The Balaban J connectivity index is 1.98. The number of anilines is 1. The van der Waals surface area contributed by atoms with Crippen LogP contribution in [-0.2, 0) is 0 Å². The molecule has 1 aliphatic heterocycles. The molecule has 1 aliphatic rings. The van der Waals surface area contributed by atoms with Crippen LogP contribution in [0, 0.1) is 5.82 Å². The number of nitrogens with zero attached hydrogens (tertiary/aromatic N) is 4. The SMILES string of the molecule is CN1CCN(c2cc3c(cc2F)c(=O)c(C(=O)O)cn3-c2ccncc2)CC1. The number of benzene rings is 1. The topological polar surface area (TPSA) is 78.7 Å². The predicted octanol–water partition coefficient (Wildman–Crippen LogP) is 1.97. The van der Waals surface area contributed by atoms with E-state index in [2.05, 4.69) is 9.88 Å². The van der Waals surface area contributed by atoms with Crippen molar-refractivity contribution in [2.75, 3.05) is 38.1 Å². The van der Waals surface area contributed by atoms with E-state index in [9.17, 15) is 19.1 Å². The largest absolute Gasteiger partial charge is 0.477 e. The molecule has 0 bridgehead atoms. The van der Waals surface area contributed by atoms with Crippen molar-refractivity contribution in [2.24, 2.45) is 0 Å². The van der Waals surface area contributed by atoms with Crippen molar-refractivity contribution in [2.45, 2.75) is 0 Å². The molecule has 7 nitrogen and oxygen atoms in total. The summed E-state index contributed by atoms with van der Waals surface area (Å²) in [7, 11) is 2.02. The molecule has 1 saturated heterocycles. The van der Waals surface area contributed by atoms with Crippen LogP contribution in [0.25, 0.3) is 16.6 Å². The molecule has 0 aliphatic carbocycles. The smallest absolute Gasteiger partial charge is 0.341 e. The first kappa shape index (κ1) is 18.1. The highest BCUT2D eigenvalue weighted by atomic mass is 19.1. The van der Waals surface area contributed by atoms with Crippen molar-refractivity contribution < 1.29 is 14.3 Å². The maximum absolute atomic E-state index is 14.9. The standard InChI is InChI=1S/C20H19FN4O3/c1-23-6-8-24(9-7-23)18-11-17-14(10-16(18)21)19(26)15(20(27)28)12-25(17)13-2-4-22-5-3-13/h2-5,10-12H,6-9H2,1H3,(H,27,28). The minimum Gasteiger partial charge on any atom is -0.477 e. The van der Waals surface area contributed by atoms with E-state index >= 15 is 0 Å². The van der Waals surface area contributed by atoms with Gasteiger partial charge in [0.1, 0.15) is 11.4 Å². The predicted molar refractivity (Wildman–Crippen MR) is 104 cm³/mol. The normalized spacial score (nSPS) is 15.1. The van der Waals surface area contributed by atoms with Gasteiger partial charge in [-0.1, -0.05) is 0 Å². The zero-order valence-electron chi connectivity index (χ0n) is 15.3. The van der Waals surface area contributed by atoms with Crippen molar-refractivity contribution in [1.82, 2.24) is 14.5 Å². The summed E-state index contributed by atoms with van der Waals surface area (Å²) in [6.45, 7) is 2.97.